The molecule has 1 saturated carbocycles. The molecule has 1 spiro atoms. The van der Waals surface area contributed by atoms with Gasteiger partial charge in [-0.2, -0.15) is 0 Å². The maximum atomic E-state index is 12.3. The molecule has 25 heavy (non-hydrogen) atoms. The summed E-state index contributed by atoms with van der Waals surface area (Å²) in [4.78, 5) is 14.5. The highest BCUT2D eigenvalue weighted by molar-refractivity contribution is 7.15. The fraction of sp³-hybridized carbons (Fsp3) is 0.824. The molecule has 0 radical (unpaired) electrons. The van der Waals surface area contributed by atoms with Crippen LogP contribution in [-0.4, -0.2) is 59.6 Å². The van der Waals surface area contributed by atoms with Gasteiger partial charge in [0.1, 0.15) is 5.01 Å². The third kappa shape index (κ3) is 4.19. The van der Waals surface area contributed by atoms with E-state index in [9.17, 15) is 4.79 Å². The van der Waals surface area contributed by atoms with Gasteiger partial charge in [0.2, 0.25) is 11.0 Å². The minimum absolute atomic E-state index is 0.0180. The van der Waals surface area contributed by atoms with Crippen LogP contribution in [0.3, 0.4) is 0 Å². The average molecular weight is 366 g/mol. The Balaban J connectivity index is 1.24. The molecule has 1 amide bonds. The first-order valence-electron chi connectivity index (χ1n) is 9.36. The summed E-state index contributed by atoms with van der Waals surface area (Å²) in [6.07, 6.45) is 7.91. The van der Waals surface area contributed by atoms with Crippen molar-refractivity contribution in [2.75, 3.05) is 38.2 Å². The zero-order valence-corrected chi connectivity index (χ0v) is 15.4. The zero-order valence-electron chi connectivity index (χ0n) is 14.5. The van der Waals surface area contributed by atoms with Crippen LogP contribution in [0.25, 0.3) is 0 Å². The van der Waals surface area contributed by atoms with Gasteiger partial charge >= 0.3 is 0 Å². The first-order valence-corrected chi connectivity index (χ1v) is 10.2. The number of likely N-dealkylation sites (tertiary alicyclic amines) is 1. The van der Waals surface area contributed by atoms with Crippen molar-refractivity contribution in [2.45, 2.75) is 56.7 Å². The van der Waals surface area contributed by atoms with Gasteiger partial charge in [0, 0.05) is 31.8 Å². The monoisotopic (exact) mass is 366 g/mol. The smallest absolute Gasteiger partial charge is 0.240 e. The summed E-state index contributed by atoms with van der Waals surface area (Å²) < 4.78 is 11.4. The second-order valence-electron chi connectivity index (χ2n) is 7.21. The van der Waals surface area contributed by atoms with Crippen LogP contribution >= 0.6 is 11.3 Å². The van der Waals surface area contributed by atoms with Gasteiger partial charge in [0.05, 0.1) is 19.8 Å². The molecule has 2 saturated heterocycles. The number of nitrogens with zero attached hydrogens (tertiary/aromatic N) is 3. The van der Waals surface area contributed by atoms with Crippen LogP contribution in [0.5, 0.6) is 0 Å². The summed E-state index contributed by atoms with van der Waals surface area (Å²) in [5, 5.41) is 13.1. The Hall–Kier alpha value is -1.09. The molecule has 8 heteroatoms. The van der Waals surface area contributed by atoms with Crippen LogP contribution < -0.4 is 5.32 Å². The summed E-state index contributed by atoms with van der Waals surface area (Å²) in [5.74, 6) is 0.123. The summed E-state index contributed by atoms with van der Waals surface area (Å²) in [6, 6.07) is 0. The lowest BCUT2D eigenvalue weighted by Gasteiger charge is -2.37. The van der Waals surface area contributed by atoms with E-state index in [-0.39, 0.29) is 11.7 Å². The summed E-state index contributed by atoms with van der Waals surface area (Å²) in [5.41, 5.74) is 0. The van der Waals surface area contributed by atoms with E-state index in [1.165, 1.54) is 43.4 Å². The Kier molecular flexibility index (Phi) is 5.30. The Bertz CT molecular complexity index is 586. The molecule has 2 aliphatic heterocycles. The molecule has 0 atom stereocenters. The molecule has 1 aromatic heterocycles. The molecule has 0 bridgehead atoms. The van der Waals surface area contributed by atoms with E-state index in [0.717, 1.165) is 30.9 Å². The van der Waals surface area contributed by atoms with Crippen molar-refractivity contribution >= 4 is 22.4 Å². The molecule has 3 aliphatic rings. The standard InChI is InChI=1S/C17H26N4O3S/c22-14(12-21-8-6-17(7-9-21)23-10-11-24-17)18-16-20-19-15(25-16)13-4-2-1-3-5-13/h13H,1-12H2,(H,18,20,22). The van der Waals surface area contributed by atoms with Crippen LogP contribution in [0.4, 0.5) is 5.13 Å². The van der Waals surface area contributed by atoms with E-state index in [0.29, 0.717) is 30.8 Å². The van der Waals surface area contributed by atoms with E-state index in [1.54, 1.807) is 0 Å². The van der Waals surface area contributed by atoms with E-state index < -0.39 is 0 Å². The zero-order chi connectivity index (χ0) is 17.1. The average Bonchev–Trinajstić information content (AvgIpc) is 3.28. The number of rotatable bonds is 4. The van der Waals surface area contributed by atoms with Gasteiger partial charge < -0.3 is 9.47 Å². The maximum Gasteiger partial charge on any atom is 0.240 e. The highest BCUT2D eigenvalue weighted by Crippen LogP contribution is 2.35. The molecule has 4 rings (SSSR count). The molecule has 7 nitrogen and oxygen atoms in total. The first kappa shape index (κ1) is 17.3. The van der Waals surface area contributed by atoms with Crippen LogP contribution in [0.1, 0.15) is 55.9 Å². The number of carbonyl (C=O) groups excluding carboxylic acids is 1. The third-order valence-corrected chi connectivity index (χ3v) is 6.44. The molecule has 1 aromatic rings. The molecule has 3 fully saturated rings. The van der Waals surface area contributed by atoms with E-state index >= 15 is 0 Å². The lowest BCUT2D eigenvalue weighted by Crippen LogP contribution is -2.47. The largest absolute Gasteiger partial charge is 0.347 e. The van der Waals surface area contributed by atoms with E-state index in [2.05, 4.69) is 20.4 Å². The maximum absolute atomic E-state index is 12.3. The summed E-state index contributed by atoms with van der Waals surface area (Å²) >= 11 is 1.53. The number of hydrogen-bond acceptors (Lipinski definition) is 7. The number of carbonyl (C=O) groups is 1. The Labute approximate surface area is 152 Å². The van der Waals surface area contributed by atoms with Gasteiger partial charge in [-0.3, -0.25) is 15.0 Å². The Morgan fingerprint density at radius 3 is 2.60 bits per heavy atom. The van der Waals surface area contributed by atoms with Gasteiger partial charge in [-0.1, -0.05) is 30.6 Å². The number of ether oxygens (including phenoxy) is 2. The van der Waals surface area contributed by atoms with E-state index in [1.807, 2.05) is 0 Å². The fourth-order valence-corrected chi connectivity index (χ4v) is 4.93. The predicted octanol–water partition coefficient (Wildman–Crippen LogP) is 2.36. The van der Waals surface area contributed by atoms with Crippen LogP contribution in [0.15, 0.2) is 0 Å². The van der Waals surface area contributed by atoms with Gasteiger partial charge in [0.25, 0.3) is 0 Å². The van der Waals surface area contributed by atoms with Crippen molar-refractivity contribution in [3.05, 3.63) is 5.01 Å². The highest BCUT2D eigenvalue weighted by Gasteiger charge is 2.39. The van der Waals surface area contributed by atoms with Crippen molar-refractivity contribution in [3.8, 4) is 0 Å². The number of nitrogens with one attached hydrogen (secondary N) is 1. The van der Waals surface area contributed by atoms with Crippen molar-refractivity contribution < 1.29 is 14.3 Å². The topological polar surface area (TPSA) is 76.6 Å². The van der Waals surface area contributed by atoms with E-state index in [4.69, 9.17) is 9.47 Å². The second-order valence-corrected chi connectivity index (χ2v) is 8.22. The van der Waals surface area contributed by atoms with Gasteiger partial charge in [-0.15, -0.1) is 10.2 Å². The molecule has 0 aromatic carbocycles. The van der Waals surface area contributed by atoms with Gasteiger partial charge in [0.15, 0.2) is 5.79 Å². The first-order chi connectivity index (χ1) is 12.2. The van der Waals surface area contributed by atoms with Gasteiger partial charge in [-0.25, -0.2) is 0 Å². The number of aromatic nitrogens is 2. The Morgan fingerprint density at radius 1 is 1.16 bits per heavy atom. The van der Waals surface area contributed by atoms with Crippen molar-refractivity contribution in [1.82, 2.24) is 15.1 Å². The quantitative estimate of drug-likeness (QED) is 0.882. The number of anilines is 1. The molecule has 138 valence electrons. The third-order valence-electron chi connectivity index (χ3n) is 5.44. The molecular weight excluding hydrogens is 340 g/mol. The normalized spacial score (nSPS) is 24.6. The van der Waals surface area contributed by atoms with Crippen LogP contribution in [0, 0.1) is 0 Å². The molecule has 3 heterocycles. The minimum atomic E-state index is -0.388. The number of amides is 1. The Morgan fingerprint density at radius 2 is 1.88 bits per heavy atom. The minimum Gasteiger partial charge on any atom is -0.347 e. The predicted molar refractivity (Wildman–Crippen MR) is 94.7 cm³/mol. The summed E-state index contributed by atoms with van der Waals surface area (Å²) in [7, 11) is 0. The second kappa shape index (κ2) is 7.65. The van der Waals surface area contributed by atoms with Crippen molar-refractivity contribution in [1.29, 1.82) is 0 Å². The molecular formula is C17H26N4O3S. The van der Waals surface area contributed by atoms with Crippen LogP contribution in [-0.2, 0) is 14.3 Å². The number of hydrogen-bond donors (Lipinski definition) is 1. The number of piperidine rings is 1. The fourth-order valence-electron chi connectivity index (χ4n) is 4.00. The summed E-state index contributed by atoms with van der Waals surface area (Å²) in [6.45, 7) is 3.38. The van der Waals surface area contributed by atoms with Crippen molar-refractivity contribution in [2.24, 2.45) is 0 Å². The molecule has 1 aliphatic carbocycles. The molecule has 0 unspecified atom stereocenters. The van der Waals surface area contributed by atoms with Crippen molar-refractivity contribution in [3.63, 3.8) is 0 Å². The lowest BCUT2D eigenvalue weighted by molar-refractivity contribution is -0.185. The highest BCUT2D eigenvalue weighted by atomic mass is 32.1. The molecule has 1 N–H and O–H groups in total. The van der Waals surface area contributed by atoms with Crippen LogP contribution in [0.2, 0.25) is 0 Å². The van der Waals surface area contributed by atoms with Gasteiger partial charge in [-0.05, 0) is 12.8 Å². The lowest BCUT2D eigenvalue weighted by atomic mass is 9.90. The SMILES string of the molecule is O=C(CN1CCC2(CC1)OCCO2)Nc1nnc(C2CCCCC2)s1.